The molecule has 0 spiro atoms. The van der Waals surface area contributed by atoms with Crippen LogP contribution in [-0.2, 0) is 85.4 Å². The number of hydrogen-bond acceptors (Lipinski definition) is 21. The molecule has 86 heavy (non-hydrogen) atoms. The highest BCUT2D eigenvalue weighted by molar-refractivity contribution is 5.87. The van der Waals surface area contributed by atoms with Crippen molar-refractivity contribution in [2.75, 3.05) is 35.5 Å². The number of hydrogen-bond donors (Lipinski definition) is 3. The number of ketones is 1. The minimum Gasteiger partial charge on any atom is -0.458 e. The van der Waals surface area contributed by atoms with E-state index in [2.05, 4.69) is 13.0 Å². The van der Waals surface area contributed by atoms with Crippen LogP contribution in [0.15, 0.2) is 48.1 Å². The Kier molecular flexibility index (Phi) is 20.8. The van der Waals surface area contributed by atoms with Crippen LogP contribution in [-0.4, -0.2) is 209 Å². The van der Waals surface area contributed by atoms with Gasteiger partial charge in [-0.15, -0.1) is 0 Å². The first-order valence-electron chi connectivity index (χ1n) is 31.5. The highest BCUT2D eigenvalue weighted by atomic mass is 16.8. The summed E-state index contributed by atoms with van der Waals surface area (Å²) >= 11 is 0. The molecule has 5 aliphatic heterocycles. The van der Waals surface area contributed by atoms with Gasteiger partial charge in [0.25, 0.3) is 0 Å². The summed E-state index contributed by atoms with van der Waals surface area (Å²) in [7, 11) is 8.16. The third-order valence-corrected chi connectivity index (χ3v) is 21.6. The molecule has 8 fully saturated rings. The predicted octanol–water partition coefficient (Wildman–Crippen LogP) is 6.66. The molecule has 1 aromatic carbocycles. The second kappa shape index (κ2) is 27.1. The van der Waals surface area contributed by atoms with Gasteiger partial charge < -0.3 is 91.1 Å². The molecule has 4 aliphatic carbocycles. The minimum atomic E-state index is -1.69. The Morgan fingerprint density at radius 3 is 1.48 bits per heavy atom. The van der Waals surface area contributed by atoms with Crippen LogP contribution in [0.25, 0.3) is 6.08 Å². The summed E-state index contributed by atoms with van der Waals surface area (Å²) in [6.45, 7) is 15.0. The van der Waals surface area contributed by atoms with Crippen molar-refractivity contribution >= 4 is 17.8 Å². The number of fused-ring (bicyclic) bond motifs is 5. The Balaban J connectivity index is 0.718. The number of aliphatic hydroxyl groups excluding tert-OH is 1. The first kappa shape index (κ1) is 66.1. The fourth-order valence-electron chi connectivity index (χ4n) is 16.7. The van der Waals surface area contributed by atoms with Crippen molar-refractivity contribution in [1.29, 1.82) is 0 Å². The lowest BCUT2D eigenvalue weighted by Gasteiger charge is -2.66. The van der Waals surface area contributed by atoms with Gasteiger partial charge in [0.15, 0.2) is 31.5 Å². The third kappa shape index (κ3) is 12.7. The van der Waals surface area contributed by atoms with Gasteiger partial charge in [-0.3, -0.25) is 4.79 Å². The van der Waals surface area contributed by atoms with Gasteiger partial charge in [-0.1, -0.05) is 55.8 Å². The predicted molar refractivity (Wildman–Crippen MR) is 309 cm³/mol. The van der Waals surface area contributed by atoms with Crippen LogP contribution in [0.5, 0.6) is 0 Å². The number of aliphatic hydroxyl groups is 3. The van der Waals surface area contributed by atoms with E-state index >= 15 is 0 Å². The molecule has 484 valence electrons. The largest absolute Gasteiger partial charge is 0.458 e. The maximum Gasteiger partial charge on any atom is 0.331 e. The number of methoxy groups -OCH3 is 5. The lowest BCUT2D eigenvalue weighted by atomic mass is 9.43. The van der Waals surface area contributed by atoms with Gasteiger partial charge >= 0.3 is 5.97 Å². The summed E-state index contributed by atoms with van der Waals surface area (Å²) < 4.78 is 101. The van der Waals surface area contributed by atoms with Crippen LogP contribution in [0.4, 0.5) is 0 Å². The van der Waals surface area contributed by atoms with E-state index in [1.54, 1.807) is 48.5 Å². The van der Waals surface area contributed by atoms with Crippen molar-refractivity contribution in [2.24, 2.45) is 22.7 Å². The summed E-state index contributed by atoms with van der Waals surface area (Å²) in [5, 5.41) is 36.5. The van der Waals surface area contributed by atoms with Gasteiger partial charge in [0.1, 0.15) is 53.6 Å². The van der Waals surface area contributed by atoms with Crippen LogP contribution in [0.1, 0.15) is 138 Å². The first-order chi connectivity index (χ1) is 41.0. The van der Waals surface area contributed by atoms with Crippen LogP contribution in [0.3, 0.4) is 0 Å². The molecule has 28 atom stereocenters. The molecule has 1 aromatic rings. The lowest BCUT2D eigenvalue weighted by molar-refractivity contribution is -0.352. The number of Topliss-reactive ketones (excluding diaryl/α,β-unsaturated/α-hetero) is 1. The van der Waals surface area contributed by atoms with Crippen LogP contribution in [0, 0.1) is 22.7 Å². The van der Waals surface area contributed by atoms with Crippen molar-refractivity contribution in [3.8, 4) is 0 Å². The van der Waals surface area contributed by atoms with E-state index in [1.165, 1.54) is 13.0 Å². The zero-order chi connectivity index (χ0) is 61.6. The molecule has 3 N–H and O–H groups in total. The fourth-order valence-corrected chi connectivity index (χ4v) is 16.7. The molecule has 9 aliphatic rings. The second-order valence-electron chi connectivity index (χ2n) is 26.4. The van der Waals surface area contributed by atoms with Gasteiger partial charge in [-0.25, -0.2) is 4.79 Å². The van der Waals surface area contributed by atoms with E-state index < -0.39 is 163 Å². The van der Waals surface area contributed by atoms with Gasteiger partial charge in [0.05, 0.1) is 67.1 Å². The SMILES string of the molecule is CO[C@H]1C[C@H](O[C@@H]2[C@@H](C)O[C@@H](O[C@@H]3[C@@H](C)O[C@@H](O[C@H]4[C@@H](OC)C[C@H](O[C@H]5[C@@H](OC)C[C@H](O[C@H]6CC[C@@]7(C)C(=CC[C@]8(O)[C@@H]7C[C@@H](OC(=O)/C=C/c7ccccc7)[C@]7(C)[C@H](C(C)=O)CC[C@@]78O)C6)O[C@@H]5C)O[C@@H]4C)C[C@H]3OC)C[C@H]2OC)O[C@H](C)[C@H]1O. The van der Waals surface area contributed by atoms with Gasteiger partial charge in [-0.2, -0.15) is 0 Å². The summed E-state index contributed by atoms with van der Waals surface area (Å²) in [6, 6.07) is 9.47. The average Bonchev–Trinajstić information content (AvgIpc) is 1.30. The number of carbonyl (C=O) groups is 2. The molecule has 0 aromatic heterocycles. The normalized spacial score (nSPS) is 48.0. The number of ether oxygens (including phenoxy) is 16. The second-order valence-corrected chi connectivity index (χ2v) is 26.4. The molecule has 0 unspecified atom stereocenters. The molecule has 21 heteroatoms. The van der Waals surface area contributed by atoms with E-state index in [0.717, 1.165) is 11.1 Å². The van der Waals surface area contributed by atoms with E-state index in [1.807, 2.05) is 65.0 Å². The molecule has 0 amide bonds. The summed E-state index contributed by atoms with van der Waals surface area (Å²) in [5.41, 5.74) is -3.04. The van der Waals surface area contributed by atoms with Crippen LogP contribution >= 0.6 is 0 Å². The topological polar surface area (TPSA) is 243 Å². The van der Waals surface area contributed by atoms with Crippen molar-refractivity contribution in [2.45, 2.75) is 279 Å². The molecule has 5 heterocycles. The van der Waals surface area contributed by atoms with Crippen LogP contribution < -0.4 is 0 Å². The van der Waals surface area contributed by atoms with Crippen LogP contribution in [0.2, 0.25) is 0 Å². The standard InChI is InChI=1S/C65H98O21/c1-34(66)43-23-26-65(70)63(43,8)50(82-51(67)20-19-40-17-15-14-16-18-40)33-49-62(7)24-22-42(27-41(62)21-25-64(49,65)69)81-52-29-45(72-10)58(36(3)77-52)84-54-31-47(74-12)60(38(5)79-54)86-56-32-48(75-13)61(39(6)80-56)85-55-30-46(73-11)59(37(4)78-55)83-53-28-44(71-9)57(68)35(2)76-53/h14-21,35-39,42-50,52-61,68-70H,22-33H2,1-13H3/b20-19+/t35-,36-,37-,38-,39-,42+,43+,44+,45+,46-,47+,48-,49-,50-,52+,53+,54+,55+,56+,57-,58-,59-,60-,61-,62+,63+,64+,65-/m1/s1. The Bertz CT molecular complexity index is 2500. The number of carbonyl (C=O) groups excluding carboxylic acids is 2. The van der Waals surface area contributed by atoms with E-state index in [0.29, 0.717) is 64.2 Å². The zero-order valence-corrected chi connectivity index (χ0v) is 52.7. The van der Waals surface area contributed by atoms with Gasteiger partial charge in [0, 0.05) is 91.0 Å². The highest BCUT2D eigenvalue weighted by Gasteiger charge is 2.77. The number of esters is 1. The monoisotopic (exact) mass is 1210 g/mol. The number of benzene rings is 1. The van der Waals surface area contributed by atoms with E-state index in [9.17, 15) is 24.9 Å². The first-order valence-corrected chi connectivity index (χ1v) is 31.5. The molecule has 0 bridgehead atoms. The molecular weight excluding hydrogens is 1120 g/mol. The Morgan fingerprint density at radius 2 is 1.02 bits per heavy atom. The average molecular weight is 1220 g/mol. The zero-order valence-electron chi connectivity index (χ0n) is 52.7. The lowest BCUT2D eigenvalue weighted by Crippen LogP contribution is -2.75. The molecule has 21 nitrogen and oxygen atoms in total. The number of rotatable bonds is 19. The van der Waals surface area contributed by atoms with Crippen molar-refractivity contribution in [1.82, 2.24) is 0 Å². The van der Waals surface area contributed by atoms with E-state index in [4.69, 9.17) is 75.8 Å². The smallest absolute Gasteiger partial charge is 0.331 e. The maximum absolute atomic E-state index is 13.6. The molecule has 0 radical (unpaired) electrons. The summed E-state index contributed by atoms with van der Waals surface area (Å²) in [6.07, 6.45) is -1.07. The Morgan fingerprint density at radius 1 is 0.581 bits per heavy atom. The summed E-state index contributed by atoms with van der Waals surface area (Å²) in [5.74, 6) is -1.71. The van der Waals surface area contributed by atoms with Gasteiger partial charge in [-0.05, 0) is 104 Å². The van der Waals surface area contributed by atoms with Crippen molar-refractivity contribution < 1.29 is 101 Å². The molecule has 5 saturated heterocycles. The highest BCUT2D eigenvalue weighted by Crippen LogP contribution is 2.70. The maximum atomic E-state index is 13.6. The van der Waals surface area contributed by atoms with Gasteiger partial charge in [0.2, 0.25) is 0 Å². The third-order valence-electron chi connectivity index (χ3n) is 21.6. The van der Waals surface area contributed by atoms with Crippen molar-refractivity contribution in [3.63, 3.8) is 0 Å². The Labute approximate surface area is 507 Å². The molecule has 3 saturated carbocycles. The quantitative estimate of drug-likeness (QED) is 0.0745. The Hall–Kier alpha value is -2.88. The molecule has 10 rings (SSSR count). The fraction of sp³-hybridized carbons (Fsp3) is 0.815. The summed E-state index contributed by atoms with van der Waals surface area (Å²) in [4.78, 5) is 27.0. The van der Waals surface area contributed by atoms with E-state index in [-0.39, 0.29) is 30.8 Å². The van der Waals surface area contributed by atoms with Crippen molar-refractivity contribution in [3.05, 3.63) is 53.6 Å². The minimum absolute atomic E-state index is 0.0899. The molecular formula is C65H98O21.